The minimum Gasteiger partial charge on any atom is -0.480 e. The standard InChI is InChI=1S/C8H13I2N3O4/c1-4(12-9)7(15)13(10)5(8(16)17)2-3-6(11)14/h4-5,12H,2-3H2,1H3,(H2,11,14)(H,16,17). The highest BCUT2D eigenvalue weighted by Crippen LogP contribution is 2.15. The number of nitrogens with one attached hydrogen (secondary N) is 1. The van der Waals surface area contributed by atoms with Gasteiger partial charge in [0.1, 0.15) is 6.04 Å². The Bertz CT molecular complexity index is 313. The van der Waals surface area contributed by atoms with E-state index in [1.165, 1.54) is 0 Å². The van der Waals surface area contributed by atoms with Crippen LogP contribution in [0.25, 0.3) is 0 Å². The van der Waals surface area contributed by atoms with Crippen LogP contribution in [-0.4, -0.2) is 38.1 Å². The number of nitrogens with zero attached hydrogens (tertiary/aromatic N) is 1. The Labute approximate surface area is 126 Å². The van der Waals surface area contributed by atoms with Crippen molar-refractivity contribution in [3.05, 3.63) is 0 Å². The Morgan fingerprint density at radius 1 is 1.47 bits per heavy atom. The molecule has 0 aromatic rings. The van der Waals surface area contributed by atoms with Gasteiger partial charge in [-0.3, -0.25) is 12.7 Å². The second-order valence-corrected chi connectivity index (χ2v) is 5.00. The molecular formula is C8H13I2N3O4. The van der Waals surface area contributed by atoms with E-state index in [0.717, 1.165) is 3.11 Å². The van der Waals surface area contributed by atoms with Crippen LogP contribution in [-0.2, 0) is 14.4 Å². The first kappa shape index (κ1) is 16.8. The Balaban J connectivity index is 4.64. The Morgan fingerprint density at radius 3 is 2.35 bits per heavy atom. The molecule has 0 aromatic carbocycles. The summed E-state index contributed by atoms with van der Waals surface area (Å²) in [4.78, 5) is 33.4. The lowest BCUT2D eigenvalue weighted by Crippen LogP contribution is -2.45. The molecule has 0 heterocycles. The van der Waals surface area contributed by atoms with Gasteiger partial charge in [0, 0.05) is 29.3 Å². The lowest BCUT2D eigenvalue weighted by molar-refractivity contribution is -0.145. The molecule has 0 fully saturated rings. The molecule has 2 unspecified atom stereocenters. The van der Waals surface area contributed by atoms with E-state index < -0.39 is 24.0 Å². The smallest absolute Gasteiger partial charge is 0.327 e. The first-order chi connectivity index (χ1) is 7.81. The summed E-state index contributed by atoms with van der Waals surface area (Å²) in [5.74, 6) is -2.11. The molecule has 0 aliphatic heterocycles. The summed E-state index contributed by atoms with van der Waals surface area (Å²) < 4.78 is 3.78. The van der Waals surface area contributed by atoms with E-state index in [9.17, 15) is 14.4 Å². The summed E-state index contributed by atoms with van der Waals surface area (Å²) in [7, 11) is 0. The summed E-state index contributed by atoms with van der Waals surface area (Å²) in [6, 6.07) is -1.55. The summed E-state index contributed by atoms with van der Waals surface area (Å²) in [6.07, 6.45) is -0.0664. The molecule has 0 spiro atoms. The minimum absolute atomic E-state index is 0.00725. The lowest BCUT2D eigenvalue weighted by atomic mass is 10.1. The maximum atomic E-state index is 11.7. The van der Waals surface area contributed by atoms with Crippen LogP contribution in [0.1, 0.15) is 19.8 Å². The maximum absolute atomic E-state index is 11.7. The van der Waals surface area contributed by atoms with Crippen molar-refractivity contribution < 1.29 is 19.5 Å². The lowest BCUT2D eigenvalue weighted by Gasteiger charge is -2.24. The van der Waals surface area contributed by atoms with Crippen LogP contribution < -0.4 is 9.26 Å². The highest BCUT2D eigenvalue weighted by molar-refractivity contribution is 14.1. The van der Waals surface area contributed by atoms with Crippen LogP contribution in [0.4, 0.5) is 0 Å². The molecule has 0 radical (unpaired) electrons. The Kier molecular flexibility index (Phi) is 7.94. The zero-order valence-electron chi connectivity index (χ0n) is 9.02. The zero-order chi connectivity index (χ0) is 13.6. The van der Waals surface area contributed by atoms with Gasteiger partial charge in [0.15, 0.2) is 0 Å². The molecule has 7 nitrogen and oxygen atoms in total. The molecule has 2 atom stereocenters. The van der Waals surface area contributed by atoms with Crippen LogP contribution >= 0.6 is 45.7 Å². The number of carbonyl (C=O) groups is 3. The van der Waals surface area contributed by atoms with E-state index in [0.29, 0.717) is 0 Å². The van der Waals surface area contributed by atoms with E-state index in [2.05, 4.69) is 3.53 Å². The van der Waals surface area contributed by atoms with Crippen molar-refractivity contribution in [3.8, 4) is 0 Å². The molecule has 9 heteroatoms. The van der Waals surface area contributed by atoms with Crippen molar-refractivity contribution in [2.24, 2.45) is 5.73 Å². The van der Waals surface area contributed by atoms with Gasteiger partial charge in [-0.15, -0.1) is 0 Å². The second-order valence-electron chi connectivity index (χ2n) is 3.34. The fraction of sp³-hybridized carbons (Fsp3) is 0.625. The molecule has 0 aromatic heterocycles. The number of carboxylic acid groups (broad SMARTS) is 1. The van der Waals surface area contributed by atoms with Gasteiger partial charge in [-0.05, 0) is 13.3 Å². The summed E-state index contributed by atoms with van der Waals surface area (Å²) >= 11 is 3.45. The number of hydrogen-bond donors (Lipinski definition) is 3. The minimum atomic E-state index is -1.16. The van der Waals surface area contributed by atoms with Crippen molar-refractivity contribution in [1.82, 2.24) is 6.64 Å². The Hall–Kier alpha value is -0.170. The zero-order valence-corrected chi connectivity index (χ0v) is 13.3. The normalized spacial score (nSPS) is 13.8. The molecular weight excluding hydrogens is 456 g/mol. The fourth-order valence-electron chi connectivity index (χ4n) is 0.998. The van der Waals surface area contributed by atoms with E-state index in [1.807, 2.05) is 22.9 Å². The van der Waals surface area contributed by atoms with E-state index in [4.69, 9.17) is 10.8 Å². The average Bonchev–Trinajstić information content (AvgIpc) is 2.25. The van der Waals surface area contributed by atoms with Crippen molar-refractivity contribution in [2.45, 2.75) is 31.8 Å². The quantitative estimate of drug-likeness (QED) is 0.365. The SMILES string of the molecule is CC(NI)C(=O)N(I)C(CCC(N)=O)C(=O)O. The molecule has 98 valence electrons. The van der Waals surface area contributed by atoms with Crippen LogP contribution in [0.5, 0.6) is 0 Å². The number of carbonyl (C=O) groups excluding carboxylic acids is 2. The van der Waals surface area contributed by atoms with Crippen molar-refractivity contribution in [3.63, 3.8) is 0 Å². The number of halogens is 2. The van der Waals surface area contributed by atoms with Gasteiger partial charge in [0.2, 0.25) is 11.8 Å². The summed E-state index contributed by atoms with van der Waals surface area (Å²) in [5.41, 5.74) is 4.95. The predicted octanol–water partition coefficient (Wildman–Crippen LogP) is 0.212. The van der Waals surface area contributed by atoms with Gasteiger partial charge in [-0.2, -0.15) is 0 Å². The van der Waals surface area contributed by atoms with Crippen LogP contribution in [0.2, 0.25) is 0 Å². The molecule has 0 bridgehead atoms. The highest BCUT2D eigenvalue weighted by Gasteiger charge is 2.30. The van der Waals surface area contributed by atoms with E-state index in [1.54, 1.807) is 29.8 Å². The van der Waals surface area contributed by atoms with E-state index in [-0.39, 0.29) is 18.7 Å². The van der Waals surface area contributed by atoms with Gasteiger partial charge in [0.05, 0.1) is 28.9 Å². The van der Waals surface area contributed by atoms with Gasteiger partial charge in [-0.25, -0.2) is 8.32 Å². The van der Waals surface area contributed by atoms with Crippen LogP contribution in [0.3, 0.4) is 0 Å². The number of rotatable bonds is 7. The van der Waals surface area contributed by atoms with Crippen molar-refractivity contribution in [1.29, 1.82) is 0 Å². The van der Waals surface area contributed by atoms with Gasteiger partial charge < -0.3 is 10.8 Å². The van der Waals surface area contributed by atoms with Crippen molar-refractivity contribution in [2.75, 3.05) is 0 Å². The largest absolute Gasteiger partial charge is 0.480 e. The number of amides is 2. The number of primary amides is 1. The second kappa shape index (κ2) is 8.02. The van der Waals surface area contributed by atoms with Crippen LogP contribution in [0.15, 0.2) is 0 Å². The van der Waals surface area contributed by atoms with Gasteiger partial charge in [-0.1, -0.05) is 0 Å². The highest BCUT2D eigenvalue weighted by atomic mass is 127. The van der Waals surface area contributed by atoms with Crippen molar-refractivity contribution >= 4 is 63.5 Å². The fourth-order valence-corrected chi connectivity index (χ4v) is 2.20. The molecule has 0 saturated heterocycles. The number of aliphatic carboxylic acids is 1. The molecule has 4 N–H and O–H groups in total. The first-order valence-electron chi connectivity index (χ1n) is 4.67. The Morgan fingerprint density at radius 2 is 2.00 bits per heavy atom. The van der Waals surface area contributed by atoms with E-state index >= 15 is 0 Å². The van der Waals surface area contributed by atoms with Gasteiger partial charge >= 0.3 is 5.97 Å². The third-order valence-corrected chi connectivity index (χ3v) is 4.05. The third kappa shape index (κ3) is 5.81. The number of nitrogens with two attached hydrogens (primary N) is 1. The molecule has 0 rings (SSSR count). The number of hydrogen-bond acceptors (Lipinski definition) is 4. The molecule has 0 aliphatic rings. The third-order valence-electron chi connectivity index (χ3n) is 1.97. The predicted molar refractivity (Wildman–Crippen MR) is 77.3 cm³/mol. The molecule has 0 aliphatic carbocycles. The van der Waals surface area contributed by atoms with Crippen LogP contribution in [0, 0.1) is 0 Å². The van der Waals surface area contributed by atoms with Gasteiger partial charge in [0.25, 0.3) is 0 Å². The maximum Gasteiger partial charge on any atom is 0.327 e. The summed E-state index contributed by atoms with van der Waals surface area (Å²) in [5, 5.41) is 8.99. The number of carboxylic acids is 1. The average molecular weight is 469 g/mol. The molecule has 0 saturated carbocycles. The summed E-state index contributed by atoms with van der Waals surface area (Å²) in [6.45, 7) is 1.62. The topological polar surface area (TPSA) is 113 Å². The monoisotopic (exact) mass is 469 g/mol. The molecule has 17 heavy (non-hydrogen) atoms. The first-order valence-corrected chi connectivity index (χ1v) is 6.71. The molecule has 2 amide bonds.